The summed E-state index contributed by atoms with van der Waals surface area (Å²) in [5.74, 6) is 1.62. The van der Waals surface area contributed by atoms with Crippen molar-refractivity contribution in [3.63, 3.8) is 0 Å². The topological polar surface area (TPSA) is 3.24 Å². The second-order valence-electron chi connectivity index (χ2n) is 3.67. The molecule has 0 aliphatic carbocycles. The molecule has 1 fully saturated rings. The van der Waals surface area contributed by atoms with E-state index in [0.717, 1.165) is 23.4 Å². The Kier molecular flexibility index (Phi) is 2.97. The van der Waals surface area contributed by atoms with Crippen LogP contribution in [0.3, 0.4) is 0 Å². The molecule has 0 radical (unpaired) electrons. The van der Waals surface area contributed by atoms with Crippen molar-refractivity contribution in [3.8, 4) is 0 Å². The van der Waals surface area contributed by atoms with Gasteiger partial charge in [0, 0.05) is 24.7 Å². The largest absolute Gasteiger partial charge is 0.298 e. The van der Waals surface area contributed by atoms with E-state index in [1.807, 2.05) is 0 Å². The number of hydrogen-bond donors (Lipinski definition) is 0. The molecule has 1 nitrogen and oxygen atoms in total. The molecular formula is C9H16ClN. The molecule has 0 aromatic rings. The molecule has 1 saturated heterocycles. The van der Waals surface area contributed by atoms with Crippen LogP contribution in [0.25, 0.3) is 0 Å². The second kappa shape index (κ2) is 3.59. The average Bonchev–Trinajstić information content (AvgIpc) is 2.10. The Labute approximate surface area is 74.0 Å². The molecule has 0 aromatic carbocycles. The lowest BCUT2D eigenvalue weighted by atomic mass is 10.0. The lowest BCUT2D eigenvalue weighted by Gasteiger charge is -2.13. The molecule has 11 heavy (non-hydrogen) atoms. The fourth-order valence-corrected chi connectivity index (χ4v) is 1.79. The third-order valence-corrected chi connectivity index (χ3v) is 2.58. The van der Waals surface area contributed by atoms with Crippen LogP contribution < -0.4 is 0 Å². The van der Waals surface area contributed by atoms with Crippen LogP contribution in [0.4, 0.5) is 0 Å². The maximum atomic E-state index is 5.72. The molecule has 64 valence electrons. The van der Waals surface area contributed by atoms with Gasteiger partial charge in [-0.05, 0) is 11.8 Å². The van der Waals surface area contributed by atoms with Crippen LogP contribution in [0.5, 0.6) is 0 Å². The van der Waals surface area contributed by atoms with Crippen molar-refractivity contribution in [2.24, 2.45) is 11.8 Å². The van der Waals surface area contributed by atoms with Crippen molar-refractivity contribution in [2.45, 2.75) is 13.8 Å². The van der Waals surface area contributed by atoms with Crippen molar-refractivity contribution in [1.29, 1.82) is 0 Å². The van der Waals surface area contributed by atoms with E-state index < -0.39 is 0 Å². The summed E-state index contributed by atoms with van der Waals surface area (Å²) < 4.78 is 0. The van der Waals surface area contributed by atoms with Crippen LogP contribution in [-0.4, -0.2) is 24.5 Å². The van der Waals surface area contributed by atoms with E-state index in [4.69, 9.17) is 11.6 Å². The first-order valence-corrected chi connectivity index (χ1v) is 4.53. The third kappa shape index (κ3) is 2.49. The molecule has 2 atom stereocenters. The summed E-state index contributed by atoms with van der Waals surface area (Å²) in [6, 6.07) is 0. The molecule has 1 aliphatic rings. The Morgan fingerprint density at radius 1 is 1.45 bits per heavy atom. The van der Waals surface area contributed by atoms with Gasteiger partial charge < -0.3 is 0 Å². The number of nitrogens with zero attached hydrogens (tertiary/aromatic N) is 1. The molecule has 0 saturated carbocycles. The van der Waals surface area contributed by atoms with Gasteiger partial charge in [-0.15, -0.1) is 0 Å². The van der Waals surface area contributed by atoms with Crippen LogP contribution in [0.2, 0.25) is 0 Å². The van der Waals surface area contributed by atoms with Crippen molar-refractivity contribution in [2.75, 3.05) is 19.6 Å². The average molecular weight is 174 g/mol. The van der Waals surface area contributed by atoms with E-state index in [1.54, 1.807) is 0 Å². The van der Waals surface area contributed by atoms with Gasteiger partial charge in [-0.2, -0.15) is 0 Å². The van der Waals surface area contributed by atoms with E-state index in [0.29, 0.717) is 0 Å². The molecule has 1 rings (SSSR count). The first-order chi connectivity index (χ1) is 5.09. The number of halogens is 1. The zero-order valence-corrected chi connectivity index (χ0v) is 8.06. The smallest absolute Gasteiger partial charge is 0.0335 e. The maximum Gasteiger partial charge on any atom is 0.0335 e. The number of rotatable bonds is 2. The van der Waals surface area contributed by atoms with E-state index in [9.17, 15) is 0 Å². The lowest BCUT2D eigenvalue weighted by Crippen LogP contribution is -2.21. The van der Waals surface area contributed by atoms with Crippen molar-refractivity contribution in [3.05, 3.63) is 11.6 Å². The van der Waals surface area contributed by atoms with Crippen molar-refractivity contribution >= 4 is 11.6 Å². The normalized spacial score (nSPS) is 32.6. The predicted molar refractivity (Wildman–Crippen MR) is 49.8 cm³/mol. The first-order valence-electron chi connectivity index (χ1n) is 4.15. The molecule has 0 aromatic heterocycles. The standard InChI is InChI=1S/C9H16ClN/c1-7-4-11(5-8(7)2)6-9(3)10/h7-8H,3-6H2,1-2H3. The van der Waals surface area contributed by atoms with E-state index in [-0.39, 0.29) is 0 Å². The molecule has 0 spiro atoms. The van der Waals surface area contributed by atoms with Gasteiger partial charge in [0.2, 0.25) is 0 Å². The zero-order valence-electron chi connectivity index (χ0n) is 7.31. The Morgan fingerprint density at radius 2 is 1.91 bits per heavy atom. The summed E-state index contributed by atoms with van der Waals surface area (Å²) in [5, 5.41) is 0.756. The minimum absolute atomic E-state index is 0.756. The van der Waals surface area contributed by atoms with E-state index in [1.165, 1.54) is 13.1 Å². The summed E-state index contributed by atoms with van der Waals surface area (Å²) in [7, 11) is 0. The summed E-state index contributed by atoms with van der Waals surface area (Å²) >= 11 is 5.72. The Morgan fingerprint density at radius 3 is 2.27 bits per heavy atom. The lowest BCUT2D eigenvalue weighted by molar-refractivity contribution is 0.357. The zero-order chi connectivity index (χ0) is 8.43. The quantitative estimate of drug-likeness (QED) is 0.620. The van der Waals surface area contributed by atoms with Crippen molar-refractivity contribution in [1.82, 2.24) is 4.90 Å². The maximum absolute atomic E-state index is 5.72. The fourth-order valence-electron chi connectivity index (χ4n) is 1.62. The van der Waals surface area contributed by atoms with Crippen LogP contribution in [0.1, 0.15) is 13.8 Å². The highest BCUT2D eigenvalue weighted by Gasteiger charge is 2.25. The van der Waals surface area contributed by atoms with Gasteiger partial charge in [-0.3, -0.25) is 4.90 Å². The molecule has 0 amide bonds. The molecule has 2 unspecified atom stereocenters. The Hall–Kier alpha value is -0.0100. The van der Waals surface area contributed by atoms with Crippen LogP contribution in [0, 0.1) is 11.8 Å². The fraction of sp³-hybridized carbons (Fsp3) is 0.778. The predicted octanol–water partition coefficient (Wildman–Crippen LogP) is 2.33. The molecule has 1 heterocycles. The number of hydrogen-bond acceptors (Lipinski definition) is 1. The molecule has 0 N–H and O–H groups in total. The molecule has 2 heteroatoms. The van der Waals surface area contributed by atoms with Crippen molar-refractivity contribution < 1.29 is 0 Å². The summed E-state index contributed by atoms with van der Waals surface area (Å²) in [6.45, 7) is 11.5. The monoisotopic (exact) mass is 173 g/mol. The minimum atomic E-state index is 0.756. The third-order valence-electron chi connectivity index (χ3n) is 2.46. The van der Waals surface area contributed by atoms with Gasteiger partial charge in [0.05, 0.1) is 0 Å². The second-order valence-corrected chi connectivity index (χ2v) is 4.20. The molecular weight excluding hydrogens is 158 g/mol. The summed E-state index contributed by atoms with van der Waals surface area (Å²) in [5.41, 5.74) is 0. The van der Waals surface area contributed by atoms with Gasteiger partial charge >= 0.3 is 0 Å². The van der Waals surface area contributed by atoms with Crippen LogP contribution in [0.15, 0.2) is 11.6 Å². The number of likely N-dealkylation sites (tertiary alicyclic amines) is 1. The summed E-state index contributed by atoms with van der Waals surface area (Å²) in [6.07, 6.45) is 0. The van der Waals surface area contributed by atoms with E-state index >= 15 is 0 Å². The molecule has 1 aliphatic heterocycles. The minimum Gasteiger partial charge on any atom is -0.298 e. The summed E-state index contributed by atoms with van der Waals surface area (Å²) in [4.78, 5) is 2.37. The molecule has 0 bridgehead atoms. The highest BCUT2D eigenvalue weighted by atomic mass is 35.5. The Balaban J connectivity index is 2.35. The SMILES string of the molecule is C=C(Cl)CN1CC(C)C(C)C1. The van der Waals surface area contributed by atoms with Gasteiger partial charge in [0.25, 0.3) is 0 Å². The Bertz CT molecular complexity index is 146. The van der Waals surface area contributed by atoms with Gasteiger partial charge in [-0.1, -0.05) is 32.0 Å². The highest BCUT2D eigenvalue weighted by Crippen LogP contribution is 2.22. The highest BCUT2D eigenvalue weighted by molar-refractivity contribution is 6.29. The van der Waals surface area contributed by atoms with Gasteiger partial charge in [0.1, 0.15) is 0 Å². The van der Waals surface area contributed by atoms with E-state index in [2.05, 4.69) is 25.3 Å². The van der Waals surface area contributed by atoms with Crippen LogP contribution in [-0.2, 0) is 0 Å². The van der Waals surface area contributed by atoms with Gasteiger partial charge in [0.15, 0.2) is 0 Å². The first kappa shape index (κ1) is 9.08. The van der Waals surface area contributed by atoms with Crippen LogP contribution >= 0.6 is 11.6 Å². The van der Waals surface area contributed by atoms with Gasteiger partial charge in [-0.25, -0.2) is 0 Å².